The molecule has 6 rings (SSSR count). The predicted molar refractivity (Wildman–Crippen MR) is 169 cm³/mol. The van der Waals surface area contributed by atoms with Crippen molar-refractivity contribution >= 4 is 39.8 Å². The van der Waals surface area contributed by atoms with Gasteiger partial charge in [-0.05, 0) is 32.4 Å². The molecular formula is C32H35ClF2N8O2. The van der Waals surface area contributed by atoms with Gasteiger partial charge in [0.05, 0.1) is 29.1 Å². The molecule has 1 aromatic carbocycles. The number of carbonyl (C=O) groups excluding carboxylic acids is 1. The van der Waals surface area contributed by atoms with E-state index in [2.05, 4.69) is 21.3 Å². The highest BCUT2D eigenvalue weighted by molar-refractivity contribution is 6.36. The Bertz CT molecular complexity index is 1660. The van der Waals surface area contributed by atoms with E-state index in [1.54, 1.807) is 6.20 Å². The molecule has 1 atom stereocenters. The minimum Gasteiger partial charge on any atom is -0.462 e. The summed E-state index contributed by atoms with van der Waals surface area (Å²) in [5, 5.41) is 2.51. The molecule has 4 heterocycles. The molecule has 13 heteroatoms. The Morgan fingerprint density at radius 1 is 1.24 bits per heavy atom. The first-order chi connectivity index (χ1) is 21.7. The molecule has 236 valence electrons. The van der Waals surface area contributed by atoms with Gasteiger partial charge in [0.1, 0.15) is 24.1 Å². The van der Waals surface area contributed by atoms with Gasteiger partial charge in [-0.25, -0.2) is 15.4 Å². The average Bonchev–Trinajstić information content (AvgIpc) is 3.75. The number of amides is 1. The van der Waals surface area contributed by atoms with Crippen LogP contribution in [0.25, 0.3) is 15.6 Å². The lowest BCUT2D eigenvalue weighted by Crippen LogP contribution is -2.57. The molecule has 3 aliphatic rings. The Morgan fingerprint density at radius 3 is 2.82 bits per heavy atom. The van der Waals surface area contributed by atoms with Crippen LogP contribution in [0.4, 0.5) is 20.3 Å². The number of carbonyl (C=O) groups is 1. The van der Waals surface area contributed by atoms with E-state index in [1.165, 1.54) is 4.90 Å². The van der Waals surface area contributed by atoms with Crippen molar-refractivity contribution in [3.8, 4) is 6.01 Å². The first-order valence-corrected chi connectivity index (χ1v) is 15.4. The van der Waals surface area contributed by atoms with Crippen molar-refractivity contribution in [2.75, 3.05) is 69.3 Å². The zero-order valence-electron chi connectivity index (χ0n) is 25.2. The van der Waals surface area contributed by atoms with Gasteiger partial charge in [-0.1, -0.05) is 30.3 Å². The fourth-order valence-corrected chi connectivity index (χ4v) is 6.49. The number of rotatable bonds is 10. The maximum Gasteiger partial charge on any atom is 0.318 e. The van der Waals surface area contributed by atoms with Crippen molar-refractivity contribution in [3.05, 3.63) is 70.7 Å². The summed E-state index contributed by atoms with van der Waals surface area (Å²) in [7, 11) is 1.87. The van der Waals surface area contributed by atoms with Gasteiger partial charge in [-0.15, -0.1) is 0 Å². The van der Waals surface area contributed by atoms with Crippen LogP contribution in [0.1, 0.15) is 24.1 Å². The highest BCUT2D eigenvalue weighted by atomic mass is 35.5. The zero-order valence-corrected chi connectivity index (χ0v) is 25.9. The summed E-state index contributed by atoms with van der Waals surface area (Å²) in [6.45, 7) is 13.8. The first-order valence-electron chi connectivity index (χ1n) is 15.1. The Balaban J connectivity index is 1.29. The average molecular weight is 637 g/mol. The number of fused-ring (bicyclic) bond motifs is 2. The van der Waals surface area contributed by atoms with E-state index in [0.29, 0.717) is 69.4 Å². The summed E-state index contributed by atoms with van der Waals surface area (Å²) in [5.41, 5.74) is 1.56. The van der Waals surface area contributed by atoms with Crippen molar-refractivity contribution in [2.24, 2.45) is 0 Å². The minimum atomic E-state index is -1.09. The number of ether oxygens (including phenoxy) is 1. The van der Waals surface area contributed by atoms with Crippen LogP contribution in [-0.2, 0) is 17.8 Å². The van der Waals surface area contributed by atoms with Crippen LogP contribution in [0.3, 0.4) is 0 Å². The quantitative estimate of drug-likeness (QED) is 0.238. The molecule has 0 bridgehead atoms. The topological polar surface area (TPSA) is 82.3 Å². The second kappa shape index (κ2) is 12.7. The third kappa shape index (κ3) is 6.65. The maximum absolute atomic E-state index is 14.3. The van der Waals surface area contributed by atoms with Gasteiger partial charge in [0.15, 0.2) is 5.83 Å². The van der Waals surface area contributed by atoms with E-state index in [1.807, 2.05) is 41.2 Å². The number of alkyl halides is 1. The van der Waals surface area contributed by atoms with Gasteiger partial charge in [0.2, 0.25) is 6.54 Å². The molecule has 1 saturated heterocycles. The van der Waals surface area contributed by atoms with Crippen LogP contribution in [0, 0.1) is 6.57 Å². The molecule has 1 amide bonds. The number of hydrogen-bond donors (Lipinski definition) is 0. The molecule has 2 fully saturated rings. The van der Waals surface area contributed by atoms with Crippen LogP contribution >= 0.6 is 11.6 Å². The van der Waals surface area contributed by atoms with Crippen molar-refractivity contribution in [2.45, 2.75) is 37.5 Å². The number of benzene rings is 1. The summed E-state index contributed by atoms with van der Waals surface area (Å²) in [4.78, 5) is 37.7. The van der Waals surface area contributed by atoms with Crippen LogP contribution < -0.4 is 14.5 Å². The summed E-state index contributed by atoms with van der Waals surface area (Å²) in [6.07, 6.45) is 5.42. The molecule has 3 aromatic rings. The Kier molecular flexibility index (Phi) is 8.75. The third-order valence-corrected chi connectivity index (χ3v) is 9.02. The van der Waals surface area contributed by atoms with E-state index in [-0.39, 0.29) is 25.7 Å². The molecule has 0 N–H and O–H groups in total. The fourth-order valence-electron chi connectivity index (χ4n) is 6.21. The van der Waals surface area contributed by atoms with E-state index < -0.39 is 23.4 Å². The van der Waals surface area contributed by atoms with Crippen LogP contribution in [-0.4, -0.2) is 102 Å². The van der Waals surface area contributed by atoms with Crippen LogP contribution in [0.15, 0.2) is 43.0 Å². The summed E-state index contributed by atoms with van der Waals surface area (Å²) in [5.74, 6) is -1.15. The Morgan fingerprint density at radius 2 is 2.07 bits per heavy atom. The second-order valence-corrected chi connectivity index (χ2v) is 12.4. The Hall–Kier alpha value is -4.08. The Labute approximate surface area is 266 Å². The number of pyridine rings is 1. The number of hydrogen-bond acceptors (Lipinski definition) is 8. The summed E-state index contributed by atoms with van der Waals surface area (Å²) >= 11 is 6.64. The predicted octanol–water partition coefficient (Wildman–Crippen LogP) is 4.47. The van der Waals surface area contributed by atoms with Crippen LogP contribution in [0.2, 0.25) is 5.02 Å². The van der Waals surface area contributed by atoms with Crippen molar-refractivity contribution in [1.29, 1.82) is 0 Å². The van der Waals surface area contributed by atoms with Crippen molar-refractivity contribution in [1.82, 2.24) is 24.8 Å². The number of halogens is 3. The summed E-state index contributed by atoms with van der Waals surface area (Å²) in [6, 6.07) is 5.42. The van der Waals surface area contributed by atoms with Gasteiger partial charge < -0.3 is 24.3 Å². The van der Waals surface area contributed by atoms with Crippen molar-refractivity contribution in [3.63, 3.8) is 0 Å². The number of aromatic nitrogens is 3. The zero-order chi connectivity index (χ0) is 31.7. The SMILES string of the molecule is [C-]#[N+]C[C@H]1CN(c2nc(OCCN(C)CC3(F)CC3)nc3c2CCN(c2cncc4cccc(Cl)c24)C3)CCN1C(=O)C(=C)F. The minimum absolute atomic E-state index is 0.0250. The molecule has 10 nitrogen and oxygen atoms in total. The number of likely N-dealkylation sites (N-methyl/N-ethyl adjacent to an activating group) is 1. The highest BCUT2D eigenvalue weighted by Crippen LogP contribution is 2.40. The van der Waals surface area contributed by atoms with E-state index in [9.17, 15) is 13.6 Å². The number of piperazine rings is 1. The largest absolute Gasteiger partial charge is 0.462 e. The van der Waals surface area contributed by atoms with E-state index >= 15 is 0 Å². The standard InChI is InChI=1S/C32H35ClF2N8O2/c1-21(34)30(44)43-12-11-42(18-23(43)16-36-2)29-24-7-10-41(27-17-37-15-22-5-4-6-25(33)28(22)27)19-26(24)38-31(39-29)45-14-13-40(3)20-32(35)8-9-32/h4-6,15,17,23H,1,7-14,16,18-20H2,3H3/t23-/m0/s1. The molecule has 2 aromatic heterocycles. The van der Waals surface area contributed by atoms with Gasteiger partial charge >= 0.3 is 6.01 Å². The molecule has 45 heavy (non-hydrogen) atoms. The van der Waals surface area contributed by atoms with E-state index in [4.69, 9.17) is 32.9 Å². The first kappa shape index (κ1) is 30.9. The van der Waals surface area contributed by atoms with Gasteiger partial charge in [-0.2, -0.15) is 9.97 Å². The van der Waals surface area contributed by atoms with Gasteiger partial charge in [0, 0.05) is 61.8 Å². The number of nitrogens with zero attached hydrogens (tertiary/aromatic N) is 8. The molecule has 1 aliphatic carbocycles. The molecule has 0 unspecified atom stereocenters. The van der Waals surface area contributed by atoms with Crippen LogP contribution in [0.5, 0.6) is 6.01 Å². The molecule has 2 aliphatic heterocycles. The molecule has 0 spiro atoms. The number of anilines is 2. The second-order valence-electron chi connectivity index (χ2n) is 12.0. The molecular weight excluding hydrogens is 602 g/mol. The maximum atomic E-state index is 14.3. The lowest BCUT2D eigenvalue weighted by molar-refractivity contribution is -0.131. The van der Waals surface area contributed by atoms with Gasteiger partial charge in [-0.3, -0.25) is 14.7 Å². The monoisotopic (exact) mass is 636 g/mol. The third-order valence-electron chi connectivity index (χ3n) is 8.70. The van der Waals surface area contributed by atoms with Gasteiger partial charge in [0.25, 0.3) is 5.91 Å². The molecule has 1 saturated carbocycles. The smallest absolute Gasteiger partial charge is 0.318 e. The lowest BCUT2D eigenvalue weighted by Gasteiger charge is -2.41. The summed E-state index contributed by atoms with van der Waals surface area (Å²) < 4.78 is 34.1. The highest BCUT2D eigenvalue weighted by Gasteiger charge is 2.43. The molecule has 0 radical (unpaired) electrons. The fraction of sp³-hybridized carbons (Fsp3) is 0.469. The normalized spacial score (nSPS) is 18.9. The van der Waals surface area contributed by atoms with E-state index in [0.717, 1.165) is 27.7 Å². The lowest BCUT2D eigenvalue weighted by atomic mass is 10.0. The van der Waals surface area contributed by atoms with Crippen molar-refractivity contribution < 1.29 is 18.3 Å².